The second kappa shape index (κ2) is 11.1. The lowest BCUT2D eigenvalue weighted by molar-refractivity contribution is -0.157. The highest BCUT2D eigenvalue weighted by Gasteiger charge is 2.41. The highest BCUT2D eigenvalue weighted by Crippen LogP contribution is 2.17. The molecule has 0 spiro atoms. The van der Waals surface area contributed by atoms with Gasteiger partial charge in [-0.25, -0.2) is 18.8 Å². The van der Waals surface area contributed by atoms with Gasteiger partial charge in [0.05, 0.1) is 11.1 Å². The van der Waals surface area contributed by atoms with Crippen molar-refractivity contribution in [3.8, 4) is 0 Å². The molecule has 3 aromatic carbocycles. The van der Waals surface area contributed by atoms with Crippen molar-refractivity contribution in [1.29, 1.82) is 0 Å². The van der Waals surface area contributed by atoms with Gasteiger partial charge in [0.25, 0.3) is 5.91 Å². The molecule has 35 heavy (non-hydrogen) atoms. The Balaban J connectivity index is 1.91. The molecule has 180 valence electrons. The van der Waals surface area contributed by atoms with Gasteiger partial charge in [0, 0.05) is 5.69 Å². The first kappa shape index (κ1) is 25.1. The van der Waals surface area contributed by atoms with Crippen molar-refractivity contribution in [2.45, 2.75) is 26.1 Å². The molecular weight excluding hydrogens is 457 g/mol. The summed E-state index contributed by atoms with van der Waals surface area (Å²) in [4.78, 5) is 50.4. The highest BCUT2D eigenvalue weighted by atomic mass is 19.1. The van der Waals surface area contributed by atoms with Gasteiger partial charge in [-0.2, -0.15) is 0 Å². The number of ether oxygens (including phenoxy) is 2. The Labute approximate surface area is 200 Å². The zero-order valence-electron chi connectivity index (χ0n) is 18.9. The number of aliphatic carboxylic acids is 1. The molecule has 2 atom stereocenters. The molecule has 3 rings (SSSR count). The van der Waals surface area contributed by atoms with Crippen LogP contribution in [0.15, 0.2) is 72.8 Å². The molecule has 0 aliphatic carbocycles. The normalized spacial score (nSPS) is 12.2. The summed E-state index contributed by atoms with van der Waals surface area (Å²) >= 11 is 0. The summed E-state index contributed by atoms with van der Waals surface area (Å²) in [5.41, 5.74) is 1.69. The molecule has 1 amide bonds. The van der Waals surface area contributed by atoms with Crippen LogP contribution in [-0.4, -0.2) is 41.1 Å². The van der Waals surface area contributed by atoms with Crippen LogP contribution in [-0.2, 0) is 19.1 Å². The van der Waals surface area contributed by atoms with E-state index in [4.69, 9.17) is 9.47 Å². The summed E-state index contributed by atoms with van der Waals surface area (Å²) in [7, 11) is 0. The van der Waals surface area contributed by atoms with E-state index < -0.39 is 41.8 Å². The van der Waals surface area contributed by atoms with Gasteiger partial charge in [-0.1, -0.05) is 35.4 Å². The lowest BCUT2D eigenvalue weighted by Crippen LogP contribution is -2.48. The monoisotopic (exact) mass is 479 g/mol. The van der Waals surface area contributed by atoms with Crippen LogP contribution in [0.5, 0.6) is 0 Å². The second-order valence-electron chi connectivity index (χ2n) is 7.73. The molecule has 0 aliphatic heterocycles. The van der Waals surface area contributed by atoms with Crippen LogP contribution in [0.3, 0.4) is 0 Å². The van der Waals surface area contributed by atoms with Crippen molar-refractivity contribution in [3.05, 3.63) is 101 Å². The third-order valence-electron chi connectivity index (χ3n) is 4.86. The van der Waals surface area contributed by atoms with E-state index in [1.54, 1.807) is 38.1 Å². The van der Waals surface area contributed by atoms with Crippen LogP contribution in [0, 0.1) is 19.7 Å². The topological polar surface area (TPSA) is 119 Å². The Morgan fingerprint density at radius 1 is 0.771 bits per heavy atom. The largest absolute Gasteiger partial charge is 0.478 e. The number of hydrogen-bond donors (Lipinski definition) is 2. The first-order chi connectivity index (χ1) is 16.6. The summed E-state index contributed by atoms with van der Waals surface area (Å²) in [5.74, 6) is -5.36. The van der Waals surface area contributed by atoms with Crippen molar-refractivity contribution < 1.29 is 38.1 Å². The third-order valence-corrected chi connectivity index (χ3v) is 4.86. The van der Waals surface area contributed by atoms with Gasteiger partial charge in [0.2, 0.25) is 12.2 Å². The lowest BCUT2D eigenvalue weighted by atomic mass is 10.1. The summed E-state index contributed by atoms with van der Waals surface area (Å²) in [5, 5.41) is 12.1. The van der Waals surface area contributed by atoms with E-state index in [-0.39, 0.29) is 16.8 Å². The Morgan fingerprint density at radius 3 is 1.71 bits per heavy atom. The first-order valence-corrected chi connectivity index (χ1v) is 10.5. The minimum Gasteiger partial charge on any atom is -0.478 e. The maximum Gasteiger partial charge on any atom is 0.349 e. The van der Waals surface area contributed by atoms with E-state index >= 15 is 0 Å². The van der Waals surface area contributed by atoms with E-state index in [2.05, 4.69) is 5.32 Å². The fraction of sp³-hybridized carbons (Fsp3) is 0.154. The molecule has 0 saturated carbocycles. The van der Waals surface area contributed by atoms with Crippen molar-refractivity contribution in [2.75, 3.05) is 5.32 Å². The molecule has 0 fully saturated rings. The van der Waals surface area contributed by atoms with Crippen molar-refractivity contribution >= 4 is 29.5 Å². The van der Waals surface area contributed by atoms with Gasteiger partial charge in [-0.3, -0.25) is 4.79 Å². The molecule has 0 unspecified atom stereocenters. The average molecular weight is 479 g/mol. The van der Waals surface area contributed by atoms with E-state index in [0.29, 0.717) is 0 Å². The molecule has 0 saturated heterocycles. The van der Waals surface area contributed by atoms with Gasteiger partial charge < -0.3 is 19.9 Å². The number of carboxylic acids is 1. The number of carbonyl (C=O) groups is 4. The Bertz CT molecular complexity index is 1260. The van der Waals surface area contributed by atoms with Crippen LogP contribution < -0.4 is 5.32 Å². The predicted molar refractivity (Wildman–Crippen MR) is 123 cm³/mol. The van der Waals surface area contributed by atoms with Crippen LogP contribution in [0.4, 0.5) is 10.1 Å². The molecule has 0 aromatic heterocycles. The minimum absolute atomic E-state index is 0.0546. The Morgan fingerprint density at radius 2 is 1.26 bits per heavy atom. The molecule has 0 heterocycles. The fourth-order valence-corrected chi connectivity index (χ4v) is 3.15. The van der Waals surface area contributed by atoms with Crippen LogP contribution in [0.2, 0.25) is 0 Å². The number of amides is 1. The predicted octanol–water partition coefficient (Wildman–Crippen LogP) is 3.92. The van der Waals surface area contributed by atoms with Gasteiger partial charge in [-0.15, -0.1) is 0 Å². The number of rotatable bonds is 8. The van der Waals surface area contributed by atoms with E-state index in [9.17, 15) is 28.7 Å². The standard InChI is InChI=1S/C26H22FNO7/c1-15-5-3-7-17(13-15)25(32)34-21(23(29)28-20-11-9-19(27)10-12-20)22(24(30)31)35-26(33)18-8-4-6-16(2)14-18/h3-14,21-22H,1-2H3,(H,28,29)(H,30,31)/t21-,22-/m1/s1. The molecule has 2 N–H and O–H groups in total. The average Bonchev–Trinajstić information content (AvgIpc) is 2.82. The zero-order chi connectivity index (χ0) is 25.5. The molecule has 9 heteroatoms. The maximum absolute atomic E-state index is 13.2. The van der Waals surface area contributed by atoms with Crippen molar-refractivity contribution in [2.24, 2.45) is 0 Å². The molecule has 0 aliphatic rings. The van der Waals surface area contributed by atoms with Crippen LogP contribution in [0.25, 0.3) is 0 Å². The number of nitrogens with one attached hydrogen (secondary N) is 1. The number of carbonyl (C=O) groups excluding carboxylic acids is 3. The summed E-state index contributed by atoms with van der Waals surface area (Å²) < 4.78 is 23.6. The number of anilines is 1. The number of hydrogen-bond acceptors (Lipinski definition) is 6. The van der Waals surface area contributed by atoms with Crippen molar-refractivity contribution in [3.63, 3.8) is 0 Å². The quantitative estimate of drug-likeness (QED) is 0.470. The molecule has 3 aromatic rings. The Hall–Kier alpha value is -4.53. The Kier molecular flexibility index (Phi) is 7.93. The SMILES string of the molecule is Cc1cccc(C(=O)O[C@@H](C(=O)O)[C@@H](OC(=O)c2cccc(C)c2)C(=O)Nc2ccc(F)cc2)c1. The fourth-order valence-electron chi connectivity index (χ4n) is 3.15. The number of aryl methyl sites for hydroxylation is 2. The number of halogens is 1. The first-order valence-electron chi connectivity index (χ1n) is 10.5. The smallest absolute Gasteiger partial charge is 0.349 e. The van der Waals surface area contributed by atoms with Gasteiger partial charge in [0.1, 0.15) is 5.82 Å². The summed E-state index contributed by atoms with van der Waals surface area (Å²) in [6.45, 7) is 3.47. The van der Waals surface area contributed by atoms with Crippen molar-refractivity contribution in [1.82, 2.24) is 0 Å². The number of esters is 2. The zero-order valence-corrected chi connectivity index (χ0v) is 18.9. The highest BCUT2D eigenvalue weighted by molar-refractivity contribution is 6.01. The van der Waals surface area contributed by atoms with E-state index in [1.807, 2.05) is 0 Å². The summed E-state index contributed by atoms with van der Waals surface area (Å²) in [6, 6.07) is 17.1. The molecular formula is C26H22FNO7. The molecule has 0 bridgehead atoms. The maximum atomic E-state index is 13.2. The third kappa shape index (κ3) is 6.73. The lowest BCUT2D eigenvalue weighted by Gasteiger charge is -2.23. The summed E-state index contributed by atoms with van der Waals surface area (Å²) in [6.07, 6.45) is -4.23. The molecule has 8 nitrogen and oxygen atoms in total. The minimum atomic E-state index is -2.17. The van der Waals surface area contributed by atoms with E-state index in [0.717, 1.165) is 23.3 Å². The number of carboxylic acid groups (broad SMARTS) is 1. The van der Waals surface area contributed by atoms with Crippen LogP contribution in [0.1, 0.15) is 31.8 Å². The molecule has 0 radical (unpaired) electrons. The number of benzene rings is 3. The van der Waals surface area contributed by atoms with Gasteiger partial charge >= 0.3 is 17.9 Å². The van der Waals surface area contributed by atoms with Gasteiger partial charge in [0.15, 0.2) is 0 Å². The van der Waals surface area contributed by atoms with Gasteiger partial charge in [-0.05, 0) is 62.4 Å². The second-order valence-corrected chi connectivity index (χ2v) is 7.73. The van der Waals surface area contributed by atoms with Crippen LogP contribution >= 0.6 is 0 Å². The van der Waals surface area contributed by atoms with E-state index in [1.165, 1.54) is 36.4 Å².